The van der Waals surface area contributed by atoms with Crippen LogP contribution in [0, 0.1) is 20.7 Å². The molecule has 0 aliphatic heterocycles. The molecule has 0 unspecified atom stereocenters. The molecule has 0 aliphatic carbocycles. The number of rotatable bonds is 1. The molecular formula is C8H4FIN2O. The zero-order chi connectivity index (χ0) is 10.0. The van der Waals surface area contributed by atoms with Gasteiger partial charge in [0.1, 0.15) is 17.4 Å². The van der Waals surface area contributed by atoms with Gasteiger partial charge in [-0.15, -0.1) is 0 Å². The largest absolute Gasteiger partial charge is 0.366 e. The monoisotopic (exact) mass is 290 g/mol. The third kappa shape index (κ3) is 1.95. The summed E-state index contributed by atoms with van der Waals surface area (Å²) in [6, 6.07) is 4.14. The van der Waals surface area contributed by atoms with E-state index >= 15 is 0 Å². The van der Waals surface area contributed by atoms with Crippen LogP contribution in [0.4, 0.5) is 4.39 Å². The van der Waals surface area contributed by atoms with Crippen molar-refractivity contribution in [2.75, 3.05) is 0 Å². The van der Waals surface area contributed by atoms with Crippen molar-refractivity contribution in [3.05, 3.63) is 32.6 Å². The van der Waals surface area contributed by atoms with E-state index in [4.69, 9.17) is 11.0 Å². The van der Waals surface area contributed by atoms with Crippen molar-refractivity contribution in [2.24, 2.45) is 5.73 Å². The molecule has 13 heavy (non-hydrogen) atoms. The topological polar surface area (TPSA) is 66.9 Å². The highest BCUT2D eigenvalue weighted by Crippen LogP contribution is 2.16. The van der Waals surface area contributed by atoms with E-state index in [-0.39, 0.29) is 11.1 Å². The lowest BCUT2D eigenvalue weighted by Gasteiger charge is -2.00. The van der Waals surface area contributed by atoms with Crippen molar-refractivity contribution in [1.29, 1.82) is 5.26 Å². The van der Waals surface area contributed by atoms with Crippen LogP contribution in [0.3, 0.4) is 0 Å². The van der Waals surface area contributed by atoms with Crippen molar-refractivity contribution < 1.29 is 9.18 Å². The number of hydrogen-bond donors (Lipinski definition) is 1. The van der Waals surface area contributed by atoms with E-state index in [9.17, 15) is 9.18 Å². The van der Waals surface area contributed by atoms with Crippen LogP contribution in [0.15, 0.2) is 12.1 Å². The fourth-order valence-corrected chi connectivity index (χ4v) is 1.47. The Morgan fingerprint density at radius 2 is 2.23 bits per heavy atom. The minimum absolute atomic E-state index is 0.0769. The van der Waals surface area contributed by atoms with E-state index in [1.54, 1.807) is 6.07 Å². The van der Waals surface area contributed by atoms with Crippen LogP contribution in [0.2, 0.25) is 0 Å². The summed E-state index contributed by atoms with van der Waals surface area (Å²) in [5, 5.41) is 8.54. The molecule has 0 aliphatic rings. The fraction of sp³-hybridized carbons (Fsp3) is 0. The zero-order valence-corrected chi connectivity index (χ0v) is 8.50. The van der Waals surface area contributed by atoms with Crippen LogP contribution in [-0.2, 0) is 0 Å². The summed E-state index contributed by atoms with van der Waals surface area (Å²) >= 11 is 1.84. The SMILES string of the molecule is N#Cc1c(F)cc(I)cc1C(N)=O. The van der Waals surface area contributed by atoms with Crippen LogP contribution < -0.4 is 5.73 Å². The van der Waals surface area contributed by atoms with E-state index < -0.39 is 11.7 Å². The van der Waals surface area contributed by atoms with Gasteiger partial charge < -0.3 is 5.73 Å². The number of nitriles is 1. The van der Waals surface area contributed by atoms with Gasteiger partial charge in [0.25, 0.3) is 0 Å². The van der Waals surface area contributed by atoms with Gasteiger partial charge >= 0.3 is 0 Å². The minimum atomic E-state index is -0.797. The van der Waals surface area contributed by atoms with Crippen molar-refractivity contribution in [2.45, 2.75) is 0 Å². The van der Waals surface area contributed by atoms with Gasteiger partial charge in [-0.05, 0) is 34.7 Å². The molecule has 1 rings (SSSR count). The molecule has 0 saturated carbocycles. The average molecular weight is 290 g/mol. The lowest BCUT2D eigenvalue weighted by molar-refractivity contribution is 0.0999. The molecule has 5 heteroatoms. The summed E-state index contributed by atoms with van der Waals surface area (Å²) in [5.41, 5.74) is 4.59. The van der Waals surface area contributed by atoms with Crippen molar-refractivity contribution in [3.63, 3.8) is 0 Å². The molecule has 1 aromatic rings. The highest BCUT2D eigenvalue weighted by Gasteiger charge is 2.13. The number of carbonyl (C=O) groups is 1. The number of carbonyl (C=O) groups excluding carboxylic acids is 1. The van der Waals surface area contributed by atoms with Gasteiger partial charge in [-0.1, -0.05) is 0 Å². The van der Waals surface area contributed by atoms with Crippen LogP contribution in [0.5, 0.6) is 0 Å². The van der Waals surface area contributed by atoms with E-state index in [1.165, 1.54) is 12.1 Å². The van der Waals surface area contributed by atoms with Gasteiger partial charge in [0.2, 0.25) is 5.91 Å². The number of nitrogens with two attached hydrogens (primary N) is 1. The molecule has 0 spiro atoms. The van der Waals surface area contributed by atoms with Gasteiger partial charge in [0, 0.05) is 3.57 Å². The second kappa shape index (κ2) is 3.70. The molecule has 66 valence electrons. The van der Waals surface area contributed by atoms with Crippen molar-refractivity contribution in [3.8, 4) is 6.07 Å². The summed E-state index contributed by atoms with van der Waals surface area (Å²) in [7, 11) is 0. The Kier molecular flexibility index (Phi) is 2.83. The van der Waals surface area contributed by atoms with Crippen molar-refractivity contribution >= 4 is 28.5 Å². The molecule has 0 fully saturated rings. The van der Waals surface area contributed by atoms with Gasteiger partial charge in [-0.2, -0.15) is 5.26 Å². The average Bonchev–Trinajstić information content (AvgIpc) is 2.02. The first-order valence-corrected chi connectivity index (χ1v) is 4.33. The van der Waals surface area contributed by atoms with Crippen molar-refractivity contribution in [1.82, 2.24) is 0 Å². The second-order valence-electron chi connectivity index (χ2n) is 2.29. The smallest absolute Gasteiger partial charge is 0.250 e. The molecule has 0 radical (unpaired) electrons. The van der Waals surface area contributed by atoms with Gasteiger partial charge in [-0.25, -0.2) is 4.39 Å². The number of benzene rings is 1. The number of amides is 1. The molecule has 0 saturated heterocycles. The molecule has 0 heterocycles. The molecule has 0 bridgehead atoms. The van der Waals surface area contributed by atoms with E-state index in [0.717, 1.165) is 0 Å². The molecule has 0 aromatic heterocycles. The van der Waals surface area contributed by atoms with Crippen LogP contribution in [0.1, 0.15) is 15.9 Å². The molecule has 3 nitrogen and oxygen atoms in total. The molecule has 1 amide bonds. The predicted molar refractivity (Wildman–Crippen MR) is 52.3 cm³/mol. The quantitative estimate of drug-likeness (QED) is 0.794. The Balaban J connectivity index is 3.50. The first kappa shape index (κ1) is 9.92. The first-order chi connectivity index (χ1) is 6.06. The summed E-state index contributed by atoms with van der Waals surface area (Å²) in [6.07, 6.45) is 0. The predicted octanol–water partition coefficient (Wildman–Crippen LogP) is 1.40. The number of nitrogens with zero attached hydrogens (tertiary/aromatic N) is 1. The van der Waals surface area contributed by atoms with E-state index in [0.29, 0.717) is 3.57 Å². The maximum Gasteiger partial charge on any atom is 0.250 e. The second-order valence-corrected chi connectivity index (χ2v) is 3.53. The molecule has 1 aromatic carbocycles. The van der Waals surface area contributed by atoms with E-state index in [1.807, 2.05) is 22.6 Å². The normalized spacial score (nSPS) is 9.31. The highest BCUT2D eigenvalue weighted by molar-refractivity contribution is 14.1. The maximum absolute atomic E-state index is 13.0. The number of hydrogen-bond acceptors (Lipinski definition) is 2. The Morgan fingerprint density at radius 1 is 1.62 bits per heavy atom. The molecular weight excluding hydrogens is 286 g/mol. The first-order valence-electron chi connectivity index (χ1n) is 3.25. The Hall–Kier alpha value is -1.16. The fourth-order valence-electron chi connectivity index (χ4n) is 0.882. The highest BCUT2D eigenvalue weighted by atomic mass is 127. The Bertz CT molecular complexity index is 411. The maximum atomic E-state index is 13.0. The summed E-state index contributed by atoms with van der Waals surface area (Å²) in [4.78, 5) is 10.8. The number of halogens is 2. The Morgan fingerprint density at radius 3 is 2.69 bits per heavy atom. The molecule has 0 atom stereocenters. The summed E-state index contributed by atoms with van der Waals surface area (Å²) < 4.78 is 13.6. The van der Waals surface area contributed by atoms with Crippen LogP contribution in [0.25, 0.3) is 0 Å². The summed E-state index contributed by atoms with van der Waals surface area (Å²) in [5.74, 6) is -1.52. The Labute approximate surface area is 87.5 Å². The van der Waals surface area contributed by atoms with Crippen LogP contribution >= 0.6 is 22.6 Å². The zero-order valence-electron chi connectivity index (χ0n) is 6.34. The lowest BCUT2D eigenvalue weighted by Crippen LogP contribution is -2.14. The summed E-state index contributed by atoms with van der Waals surface area (Å²) in [6.45, 7) is 0. The number of primary amides is 1. The molecule has 2 N–H and O–H groups in total. The van der Waals surface area contributed by atoms with Gasteiger partial charge in [0.15, 0.2) is 0 Å². The lowest BCUT2D eigenvalue weighted by atomic mass is 10.1. The van der Waals surface area contributed by atoms with Gasteiger partial charge in [-0.3, -0.25) is 4.79 Å². The van der Waals surface area contributed by atoms with Gasteiger partial charge in [0.05, 0.1) is 5.56 Å². The standard InChI is InChI=1S/C8H4FIN2O/c9-7-2-4(10)1-5(8(12)13)6(7)3-11/h1-2H,(H2,12,13). The minimum Gasteiger partial charge on any atom is -0.366 e. The third-order valence-corrected chi connectivity index (χ3v) is 2.06. The third-order valence-electron chi connectivity index (χ3n) is 1.43. The van der Waals surface area contributed by atoms with E-state index in [2.05, 4.69) is 0 Å². The van der Waals surface area contributed by atoms with Crippen LogP contribution in [-0.4, -0.2) is 5.91 Å².